The van der Waals surface area contributed by atoms with Crippen LogP contribution in [-0.2, 0) is 0 Å². The Hall–Kier alpha value is -2.09. The van der Waals surface area contributed by atoms with Crippen molar-refractivity contribution in [2.24, 2.45) is 0 Å². The van der Waals surface area contributed by atoms with Gasteiger partial charge in [-0.25, -0.2) is 0 Å². The summed E-state index contributed by atoms with van der Waals surface area (Å²) in [6, 6.07) is 15.9. The first kappa shape index (κ1) is 13.3. The van der Waals surface area contributed by atoms with Crippen molar-refractivity contribution in [3.05, 3.63) is 65.2 Å². The second-order valence-corrected chi connectivity index (χ2v) is 4.99. The zero-order valence-electron chi connectivity index (χ0n) is 11.7. The molecule has 19 heavy (non-hydrogen) atoms. The van der Waals surface area contributed by atoms with Gasteiger partial charge in [-0.3, -0.25) is 4.79 Å². The van der Waals surface area contributed by atoms with Gasteiger partial charge in [0.15, 0.2) is 5.78 Å². The molecule has 0 aromatic heterocycles. The molecule has 2 aromatic carbocycles. The summed E-state index contributed by atoms with van der Waals surface area (Å²) in [5.74, 6) is 0.146. The number of carbonyl (C=O) groups excluding carboxylic acids is 1. The van der Waals surface area contributed by atoms with Gasteiger partial charge in [0.1, 0.15) is 0 Å². The fraction of sp³-hybridized carbons (Fsp3) is 0.235. The van der Waals surface area contributed by atoms with E-state index in [0.717, 1.165) is 16.8 Å². The number of nitrogens with zero attached hydrogens (tertiary/aromatic N) is 1. The number of rotatable bonds is 4. The number of carbonyl (C=O) groups is 1. The molecule has 0 atom stereocenters. The molecular weight excluding hydrogens is 234 g/mol. The zero-order chi connectivity index (χ0) is 13.8. The Morgan fingerprint density at radius 2 is 1.63 bits per heavy atom. The summed E-state index contributed by atoms with van der Waals surface area (Å²) in [5, 5.41) is 0. The van der Waals surface area contributed by atoms with Crippen molar-refractivity contribution in [1.82, 2.24) is 0 Å². The summed E-state index contributed by atoms with van der Waals surface area (Å²) in [6.07, 6.45) is 0. The summed E-state index contributed by atoms with van der Waals surface area (Å²) in [6.45, 7) is 4.45. The largest absolute Gasteiger partial charge is 0.367 e. The van der Waals surface area contributed by atoms with E-state index in [-0.39, 0.29) is 5.78 Å². The van der Waals surface area contributed by atoms with Crippen molar-refractivity contribution in [1.29, 1.82) is 0 Å². The van der Waals surface area contributed by atoms with Crippen LogP contribution in [0.3, 0.4) is 0 Å². The van der Waals surface area contributed by atoms with Crippen molar-refractivity contribution in [3.63, 3.8) is 0 Å². The molecule has 0 aliphatic rings. The molecule has 0 saturated heterocycles. The van der Waals surface area contributed by atoms with Crippen LogP contribution in [0.15, 0.2) is 48.5 Å². The number of hydrogen-bond acceptors (Lipinski definition) is 2. The maximum Gasteiger partial charge on any atom is 0.182 e. The molecule has 0 bridgehead atoms. The lowest BCUT2D eigenvalue weighted by Crippen LogP contribution is -2.25. The van der Waals surface area contributed by atoms with Crippen molar-refractivity contribution in [3.8, 4) is 0 Å². The maximum absolute atomic E-state index is 12.2. The van der Waals surface area contributed by atoms with Crippen molar-refractivity contribution >= 4 is 11.5 Å². The molecule has 2 rings (SSSR count). The minimum absolute atomic E-state index is 0.146. The van der Waals surface area contributed by atoms with Gasteiger partial charge in [-0.1, -0.05) is 35.9 Å². The molecule has 0 aliphatic carbocycles. The molecule has 98 valence electrons. The van der Waals surface area contributed by atoms with E-state index in [1.165, 1.54) is 5.56 Å². The van der Waals surface area contributed by atoms with Crippen LogP contribution in [0.5, 0.6) is 0 Å². The number of aryl methyl sites for hydroxylation is 2. The van der Waals surface area contributed by atoms with E-state index in [4.69, 9.17) is 0 Å². The van der Waals surface area contributed by atoms with E-state index in [1.807, 2.05) is 55.3 Å². The van der Waals surface area contributed by atoms with Gasteiger partial charge in [-0.15, -0.1) is 0 Å². The summed E-state index contributed by atoms with van der Waals surface area (Å²) < 4.78 is 0. The molecule has 0 aliphatic heterocycles. The quantitative estimate of drug-likeness (QED) is 0.776. The number of Topliss-reactive ketones (excluding diaryl/α,β-unsaturated/α-hetero) is 1. The third kappa shape index (κ3) is 3.44. The summed E-state index contributed by atoms with van der Waals surface area (Å²) in [7, 11) is 1.95. The molecule has 0 unspecified atom stereocenters. The lowest BCUT2D eigenvalue weighted by atomic mass is 10.1. The van der Waals surface area contributed by atoms with Gasteiger partial charge in [0.25, 0.3) is 0 Å². The summed E-state index contributed by atoms with van der Waals surface area (Å²) >= 11 is 0. The Kier molecular flexibility index (Phi) is 4.00. The maximum atomic E-state index is 12.2. The molecule has 0 spiro atoms. The Morgan fingerprint density at radius 3 is 2.26 bits per heavy atom. The first-order valence-electron chi connectivity index (χ1n) is 6.44. The molecule has 0 heterocycles. The highest BCUT2D eigenvalue weighted by Gasteiger charge is 2.10. The van der Waals surface area contributed by atoms with Crippen molar-refractivity contribution in [2.75, 3.05) is 18.5 Å². The standard InChI is InChI=1S/C17H19NO/c1-13-6-4-8-15(10-13)17(19)12-18(3)16-9-5-7-14(2)11-16/h4-11H,12H2,1-3H3. The molecular formula is C17H19NO. The van der Waals surface area contributed by atoms with Gasteiger partial charge in [0, 0.05) is 18.3 Å². The smallest absolute Gasteiger partial charge is 0.182 e. The second kappa shape index (κ2) is 5.70. The third-order valence-corrected chi connectivity index (χ3v) is 3.16. The second-order valence-electron chi connectivity index (χ2n) is 4.99. The van der Waals surface area contributed by atoms with Gasteiger partial charge in [0.05, 0.1) is 6.54 Å². The van der Waals surface area contributed by atoms with E-state index in [1.54, 1.807) is 0 Å². The Morgan fingerprint density at radius 1 is 1.00 bits per heavy atom. The monoisotopic (exact) mass is 253 g/mol. The van der Waals surface area contributed by atoms with Gasteiger partial charge in [-0.2, -0.15) is 0 Å². The number of anilines is 1. The fourth-order valence-electron chi connectivity index (χ4n) is 2.08. The lowest BCUT2D eigenvalue weighted by molar-refractivity contribution is 0.100. The van der Waals surface area contributed by atoms with Crippen LogP contribution in [-0.4, -0.2) is 19.4 Å². The normalized spacial score (nSPS) is 10.3. The Labute approximate surface area is 114 Å². The Balaban J connectivity index is 2.11. The fourth-order valence-corrected chi connectivity index (χ4v) is 2.08. The van der Waals surface area contributed by atoms with Gasteiger partial charge < -0.3 is 4.90 Å². The highest BCUT2D eigenvalue weighted by Crippen LogP contribution is 2.15. The van der Waals surface area contributed by atoms with Crippen LogP contribution in [0, 0.1) is 13.8 Å². The van der Waals surface area contributed by atoms with Gasteiger partial charge in [0.2, 0.25) is 0 Å². The van der Waals surface area contributed by atoms with Crippen LogP contribution in [0.25, 0.3) is 0 Å². The first-order chi connectivity index (χ1) is 9.06. The molecule has 2 nitrogen and oxygen atoms in total. The van der Waals surface area contributed by atoms with Crippen molar-refractivity contribution in [2.45, 2.75) is 13.8 Å². The molecule has 0 saturated carbocycles. The Bertz CT molecular complexity index is 589. The summed E-state index contributed by atoms with van der Waals surface area (Å²) in [5.41, 5.74) is 4.16. The molecule has 0 N–H and O–H groups in total. The first-order valence-corrected chi connectivity index (χ1v) is 6.44. The van der Waals surface area contributed by atoms with Crippen LogP contribution in [0.2, 0.25) is 0 Å². The van der Waals surface area contributed by atoms with Crippen LogP contribution >= 0.6 is 0 Å². The number of benzene rings is 2. The van der Waals surface area contributed by atoms with Crippen LogP contribution in [0.4, 0.5) is 5.69 Å². The highest BCUT2D eigenvalue weighted by atomic mass is 16.1. The van der Waals surface area contributed by atoms with Crippen LogP contribution in [0.1, 0.15) is 21.5 Å². The van der Waals surface area contributed by atoms with E-state index < -0.39 is 0 Å². The highest BCUT2D eigenvalue weighted by molar-refractivity contribution is 5.99. The molecule has 0 amide bonds. The predicted octanol–water partition coefficient (Wildman–Crippen LogP) is 3.62. The zero-order valence-corrected chi connectivity index (χ0v) is 11.7. The van der Waals surface area contributed by atoms with Gasteiger partial charge in [-0.05, 0) is 37.6 Å². The average molecular weight is 253 g/mol. The van der Waals surface area contributed by atoms with Crippen LogP contribution < -0.4 is 4.90 Å². The van der Waals surface area contributed by atoms with E-state index >= 15 is 0 Å². The predicted molar refractivity (Wildman–Crippen MR) is 80.0 cm³/mol. The minimum atomic E-state index is 0.146. The van der Waals surface area contributed by atoms with Crippen molar-refractivity contribution < 1.29 is 4.79 Å². The molecule has 2 aromatic rings. The topological polar surface area (TPSA) is 20.3 Å². The SMILES string of the molecule is Cc1cccc(C(=O)CN(C)c2cccc(C)c2)c1. The van der Waals surface area contributed by atoms with E-state index in [0.29, 0.717) is 6.54 Å². The number of hydrogen-bond donors (Lipinski definition) is 0. The number of likely N-dealkylation sites (N-methyl/N-ethyl adjacent to an activating group) is 1. The molecule has 0 fully saturated rings. The number of ketones is 1. The summed E-state index contributed by atoms with van der Waals surface area (Å²) in [4.78, 5) is 14.2. The van der Waals surface area contributed by atoms with E-state index in [2.05, 4.69) is 19.1 Å². The molecule has 0 radical (unpaired) electrons. The average Bonchev–Trinajstić information content (AvgIpc) is 2.38. The lowest BCUT2D eigenvalue weighted by Gasteiger charge is -2.19. The molecule has 2 heteroatoms. The van der Waals surface area contributed by atoms with Gasteiger partial charge >= 0.3 is 0 Å². The van der Waals surface area contributed by atoms with E-state index in [9.17, 15) is 4.79 Å². The third-order valence-electron chi connectivity index (χ3n) is 3.16. The minimum Gasteiger partial charge on any atom is -0.367 e.